The van der Waals surface area contributed by atoms with Gasteiger partial charge in [-0.25, -0.2) is 9.78 Å². The van der Waals surface area contributed by atoms with Crippen LogP contribution in [0.3, 0.4) is 0 Å². The highest BCUT2D eigenvalue weighted by molar-refractivity contribution is 6.31. The Morgan fingerprint density at radius 2 is 1.79 bits per heavy atom. The van der Waals surface area contributed by atoms with Crippen LogP contribution in [0.5, 0.6) is 0 Å². The second-order valence-corrected chi connectivity index (χ2v) is 9.74. The van der Waals surface area contributed by atoms with E-state index in [1.807, 2.05) is 18.2 Å². The van der Waals surface area contributed by atoms with Crippen molar-refractivity contribution < 1.29 is 14.4 Å². The van der Waals surface area contributed by atoms with Crippen LogP contribution in [0, 0.1) is 5.92 Å². The van der Waals surface area contributed by atoms with Gasteiger partial charge in [0.15, 0.2) is 0 Å². The van der Waals surface area contributed by atoms with Crippen LogP contribution in [0.25, 0.3) is 10.9 Å². The lowest BCUT2D eigenvalue weighted by atomic mass is 10.1. The maximum atomic E-state index is 13.0. The molecular weight excluding hydrogens is 456 g/mol. The Labute approximate surface area is 203 Å². The maximum Gasteiger partial charge on any atom is 0.318 e. The molecule has 0 spiro atoms. The molecule has 3 aliphatic rings. The first-order valence-electron chi connectivity index (χ1n) is 11.9. The number of amides is 4. The highest BCUT2D eigenvalue weighted by atomic mass is 35.5. The summed E-state index contributed by atoms with van der Waals surface area (Å²) >= 11 is 6.12. The molecule has 3 N–H and O–H groups in total. The van der Waals surface area contributed by atoms with E-state index in [9.17, 15) is 14.4 Å². The molecule has 34 heavy (non-hydrogen) atoms. The highest BCUT2D eigenvalue weighted by Gasteiger charge is 2.39. The number of nitrogens with zero attached hydrogens (tertiary/aromatic N) is 4. The number of nitrogens with one attached hydrogen (secondary N) is 1. The Bertz CT molecular complexity index is 1120. The SMILES string of the molecule is Nc1cc(N2CCN(C(=O)N[C@H]3CCCCN(C(=O)C4CC4)C3=O)CC2)c2ccc(Cl)cc2n1. The summed E-state index contributed by atoms with van der Waals surface area (Å²) in [6.07, 6.45) is 3.86. The van der Waals surface area contributed by atoms with Crippen molar-refractivity contribution in [1.29, 1.82) is 0 Å². The number of benzene rings is 1. The number of aromatic nitrogens is 1. The smallest absolute Gasteiger partial charge is 0.318 e. The molecule has 1 atom stereocenters. The fraction of sp³-hybridized carbons (Fsp3) is 0.500. The van der Waals surface area contributed by atoms with Crippen LogP contribution >= 0.6 is 11.6 Å². The zero-order valence-electron chi connectivity index (χ0n) is 19.0. The van der Waals surface area contributed by atoms with E-state index in [0.29, 0.717) is 50.0 Å². The second kappa shape index (κ2) is 9.29. The van der Waals surface area contributed by atoms with Crippen molar-refractivity contribution in [1.82, 2.24) is 20.1 Å². The second-order valence-electron chi connectivity index (χ2n) is 9.30. The zero-order chi connectivity index (χ0) is 23.8. The molecule has 180 valence electrons. The van der Waals surface area contributed by atoms with Crippen molar-refractivity contribution in [2.24, 2.45) is 5.92 Å². The average Bonchev–Trinajstić information content (AvgIpc) is 3.68. The number of nitrogens with two attached hydrogens (primary N) is 1. The molecule has 1 saturated carbocycles. The third-order valence-electron chi connectivity index (χ3n) is 6.86. The fourth-order valence-corrected chi connectivity index (χ4v) is 4.97. The minimum Gasteiger partial charge on any atom is -0.384 e. The number of anilines is 2. The minimum atomic E-state index is -0.649. The Hall–Kier alpha value is -3.07. The van der Waals surface area contributed by atoms with Crippen LogP contribution in [0.1, 0.15) is 32.1 Å². The molecule has 3 heterocycles. The molecule has 1 aromatic heterocycles. The lowest BCUT2D eigenvalue weighted by Crippen LogP contribution is -2.56. The molecule has 9 nitrogen and oxygen atoms in total. The van der Waals surface area contributed by atoms with Crippen molar-refractivity contribution in [3.8, 4) is 0 Å². The average molecular weight is 485 g/mol. The summed E-state index contributed by atoms with van der Waals surface area (Å²) < 4.78 is 0. The predicted octanol–water partition coefficient (Wildman–Crippen LogP) is 2.62. The molecule has 1 aliphatic carbocycles. The van der Waals surface area contributed by atoms with Gasteiger partial charge >= 0.3 is 6.03 Å². The number of carbonyl (C=O) groups excluding carboxylic acids is 3. The molecule has 1 aromatic carbocycles. The number of hydrogen-bond acceptors (Lipinski definition) is 6. The first-order chi connectivity index (χ1) is 16.4. The molecule has 10 heteroatoms. The van der Waals surface area contributed by atoms with E-state index in [0.717, 1.165) is 42.3 Å². The Balaban J connectivity index is 1.23. The van der Waals surface area contributed by atoms with Crippen molar-refractivity contribution in [3.63, 3.8) is 0 Å². The molecule has 4 amide bonds. The van der Waals surface area contributed by atoms with Crippen molar-refractivity contribution in [2.75, 3.05) is 43.4 Å². The van der Waals surface area contributed by atoms with Gasteiger partial charge in [-0.3, -0.25) is 14.5 Å². The summed E-state index contributed by atoms with van der Waals surface area (Å²) in [7, 11) is 0. The van der Waals surface area contributed by atoms with Crippen LogP contribution in [-0.2, 0) is 9.59 Å². The van der Waals surface area contributed by atoms with Gasteiger partial charge in [0.25, 0.3) is 5.91 Å². The molecule has 2 aliphatic heterocycles. The summed E-state index contributed by atoms with van der Waals surface area (Å²) in [6.45, 7) is 2.72. The van der Waals surface area contributed by atoms with Gasteiger partial charge in [-0.15, -0.1) is 0 Å². The van der Waals surface area contributed by atoms with Gasteiger partial charge in [-0.1, -0.05) is 11.6 Å². The van der Waals surface area contributed by atoms with E-state index >= 15 is 0 Å². The Kier molecular flexibility index (Phi) is 6.20. The Morgan fingerprint density at radius 1 is 1.03 bits per heavy atom. The lowest BCUT2D eigenvalue weighted by Gasteiger charge is -2.37. The van der Waals surface area contributed by atoms with Gasteiger partial charge in [0, 0.05) is 60.8 Å². The number of piperazine rings is 1. The van der Waals surface area contributed by atoms with Crippen LogP contribution in [0.15, 0.2) is 24.3 Å². The quantitative estimate of drug-likeness (QED) is 0.648. The van der Waals surface area contributed by atoms with E-state index in [-0.39, 0.29) is 23.8 Å². The molecule has 0 radical (unpaired) electrons. The molecule has 2 aromatic rings. The number of pyridine rings is 1. The summed E-state index contributed by atoms with van der Waals surface area (Å²) in [5.74, 6) is 0.0617. The zero-order valence-corrected chi connectivity index (χ0v) is 19.8. The number of nitrogen functional groups attached to an aromatic ring is 1. The highest BCUT2D eigenvalue weighted by Crippen LogP contribution is 2.32. The van der Waals surface area contributed by atoms with E-state index in [4.69, 9.17) is 17.3 Å². The summed E-state index contributed by atoms with van der Waals surface area (Å²) in [6, 6.07) is 6.50. The van der Waals surface area contributed by atoms with E-state index in [2.05, 4.69) is 15.2 Å². The molecule has 2 saturated heterocycles. The molecule has 3 fully saturated rings. The third kappa shape index (κ3) is 4.61. The standard InChI is InChI=1S/C24H29ClN6O3/c25-16-6-7-17-19(13-16)27-21(26)14-20(17)29-9-11-30(12-10-29)24(34)28-18-3-1-2-8-31(23(18)33)22(32)15-4-5-15/h6-7,13-15,18H,1-5,8-12H2,(H2,26,27)(H,28,34)/t18-/m0/s1. The number of likely N-dealkylation sites (tertiary alicyclic amines) is 1. The first-order valence-corrected chi connectivity index (χ1v) is 12.3. The van der Waals surface area contributed by atoms with Crippen molar-refractivity contribution >= 4 is 51.9 Å². The molecule has 5 rings (SSSR count). The number of imide groups is 1. The van der Waals surface area contributed by atoms with Gasteiger partial charge in [-0.05, 0) is 50.3 Å². The first kappa shape index (κ1) is 22.7. The lowest BCUT2D eigenvalue weighted by molar-refractivity contribution is -0.146. The maximum absolute atomic E-state index is 13.0. The topological polar surface area (TPSA) is 112 Å². The monoisotopic (exact) mass is 484 g/mol. The van der Waals surface area contributed by atoms with Crippen molar-refractivity contribution in [2.45, 2.75) is 38.1 Å². The number of hydrogen-bond donors (Lipinski definition) is 2. The number of fused-ring (bicyclic) bond motifs is 1. The largest absolute Gasteiger partial charge is 0.384 e. The summed E-state index contributed by atoms with van der Waals surface area (Å²) in [5.41, 5.74) is 7.73. The minimum absolute atomic E-state index is 0.0131. The van der Waals surface area contributed by atoms with Gasteiger partial charge < -0.3 is 20.9 Å². The van der Waals surface area contributed by atoms with Gasteiger partial charge in [0.1, 0.15) is 11.9 Å². The van der Waals surface area contributed by atoms with Crippen LogP contribution in [0.4, 0.5) is 16.3 Å². The number of rotatable bonds is 3. The van der Waals surface area contributed by atoms with E-state index in [1.165, 1.54) is 4.90 Å². The molecular formula is C24H29ClN6O3. The summed E-state index contributed by atoms with van der Waals surface area (Å²) in [4.78, 5) is 48.2. The Morgan fingerprint density at radius 3 is 2.53 bits per heavy atom. The van der Waals surface area contributed by atoms with Gasteiger partial charge in [0.05, 0.1) is 5.52 Å². The summed E-state index contributed by atoms with van der Waals surface area (Å²) in [5, 5.41) is 4.46. The normalized spacial score (nSPS) is 21.5. The van der Waals surface area contributed by atoms with Gasteiger partial charge in [0.2, 0.25) is 5.91 Å². The van der Waals surface area contributed by atoms with Crippen LogP contribution in [0.2, 0.25) is 5.02 Å². The molecule has 0 bridgehead atoms. The van der Waals surface area contributed by atoms with Crippen LogP contribution < -0.4 is 16.0 Å². The van der Waals surface area contributed by atoms with Gasteiger partial charge in [-0.2, -0.15) is 0 Å². The van der Waals surface area contributed by atoms with E-state index < -0.39 is 6.04 Å². The number of urea groups is 1. The van der Waals surface area contributed by atoms with Crippen LogP contribution in [-0.4, -0.2) is 71.4 Å². The predicted molar refractivity (Wildman–Crippen MR) is 131 cm³/mol. The number of carbonyl (C=O) groups is 3. The van der Waals surface area contributed by atoms with E-state index in [1.54, 1.807) is 11.0 Å². The number of halogens is 1. The third-order valence-corrected chi connectivity index (χ3v) is 7.09. The fourth-order valence-electron chi connectivity index (χ4n) is 4.80. The molecule has 0 unspecified atom stereocenters. The van der Waals surface area contributed by atoms with Crippen molar-refractivity contribution in [3.05, 3.63) is 29.3 Å².